The first-order valence-electron chi connectivity index (χ1n) is 7.92. The Balaban J connectivity index is 2.20. The van der Waals surface area contributed by atoms with E-state index in [0.29, 0.717) is 0 Å². The minimum Gasteiger partial charge on any atom is -0.497 e. The van der Waals surface area contributed by atoms with E-state index in [1.54, 1.807) is 12.7 Å². The zero-order valence-corrected chi connectivity index (χ0v) is 14.8. The molecule has 0 spiro atoms. The zero-order valence-electron chi connectivity index (χ0n) is 13.8. The lowest BCUT2D eigenvalue weighted by molar-refractivity contribution is 0.167. The maximum Gasteiger partial charge on any atom is 0.119 e. The van der Waals surface area contributed by atoms with Gasteiger partial charge < -0.3 is 9.84 Å². The smallest absolute Gasteiger partial charge is 0.119 e. The van der Waals surface area contributed by atoms with Gasteiger partial charge in [0.2, 0.25) is 0 Å². The maximum atomic E-state index is 10.5. The van der Waals surface area contributed by atoms with Crippen LogP contribution in [-0.4, -0.2) is 20.3 Å². The fourth-order valence-electron chi connectivity index (χ4n) is 3.10. The number of fused-ring (bicyclic) bond motifs is 1. The molecule has 2 nitrogen and oxygen atoms in total. The Bertz CT molecular complexity index is 514. The van der Waals surface area contributed by atoms with Crippen LogP contribution in [0.3, 0.4) is 0 Å². The molecule has 0 saturated carbocycles. The minimum absolute atomic E-state index is 0.353. The van der Waals surface area contributed by atoms with Gasteiger partial charge >= 0.3 is 0 Å². The molecule has 1 aromatic rings. The second-order valence-corrected chi connectivity index (χ2v) is 12.7. The van der Waals surface area contributed by atoms with Crippen LogP contribution in [0.25, 0.3) is 0 Å². The maximum absolute atomic E-state index is 10.5. The molecule has 1 N–H and O–H groups in total. The van der Waals surface area contributed by atoms with E-state index < -0.39 is 8.07 Å². The molecule has 3 heteroatoms. The SMILES string of the molecule is COc1ccc2c(c1)CC/C=C(/C[Si](C)(C)C)CC[C@@H]2O. The summed E-state index contributed by atoms with van der Waals surface area (Å²) in [6, 6.07) is 7.31. The summed E-state index contributed by atoms with van der Waals surface area (Å²) < 4.78 is 5.31. The van der Waals surface area contributed by atoms with E-state index in [2.05, 4.69) is 31.8 Å². The summed E-state index contributed by atoms with van der Waals surface area (Å²) in [5.41, 5.74) is 3.86. The highest BCUT2D eigenvalue weighted by atomic mass is 28.3. The van der Waals surface area contributed by atoms with Gasteiger partial charge in [-0.1, -0.05) is 37.4 Å². The third-order valence-electron chi connectivity index (χ3n) is 4.05. The molecule has 116 valence electrons. The Morgan fingerprint density at radius 1 is 1.24 bits per heavy atom. The number of allylic oxidation sites excluding steroid dienone is 2. The number of aliphatic hydroxyl groups excluding tert-OH is 1. The van der Waals surface area contributed by atoms with Crippen LogP contribution in [0.15, 0.2) is 29.8 Å². The molecule has 1 atom stereocenters. The van der Waals surface area contributed by atoms with Crippen LogP contribution in [-0.2, 0) is 6.42 Å². The highest BCUT2D eigenvalue weighted by molar-refractivity contribution is 6.76. The third kappa shape index (κ3) is 4.72. The van der Waals surface area contributed by atoms with Crippen molar-refractivity contribution in [1.29, 1.82) is 0 Å². The minimum atomic E-state index is -1.09. The summed E-state index contributed by atoms with van der Waals surface area (Å²) in [4.78, 5) is 0. The predicted octanol–water partition coefficient (Wildman–Crippen LogP) is 4.72. The quantitative estimate of drug-likeness (QED) is 0.647. The van der Waals surface area contributed by atoms with Gasteiger partial charge in [-0.05, 0) is 55.0 Å². The fraction of sp³-hybridized carbons (Fsp3) is 0.556. The van der Waals surface area contributed by atoms with Gasteiger partial charge in [0.1, 0.15) is 5.75 Å². The predicted molar refractivity (Wildman–Crippen MR) is 91.7 cm³/mol. The van der Waals surface area contributed by atoms with Crippen LogP contribution >= 0.6 is 0 Å². The number of hydrogen-bond acceptors (Lipinski definition) is 2. The van der Waals surface area contributed by atoms with Crippen molar-refractivity contribution in [3.63, 3.8) is 0 Å². The Morgan fingerprint density at radius 2 is 2.00 bits per heavy atom. The van der Waals surface area contributed by atoms with Crippen molar-refractivity contribution in [2.75, 3.05) is 7.11 Å². The van der Waals surface area contributed by atoms with Gasteiger partial charge in [-0.3, -0.25) is 0 Å². The average molecular weight is 305 g/mol. The summed E-state index contributed by atoms with van der Waals surface area (Å²) in [6.07, 6.45) is 5.96. The van der Waals surface area contributed by atoms with Crippen molar-refractivity contribution >= 4 is 8.07 Å². The largest absolute Gasteiger partial charge is 0.497 e. The number of benzene rings is 1. The number of aryl methyl sites for hydroxylation is 1. The molecule has 0 unspecified atom stereocenters. The molecule has 0 saturated heterocycles. The molecule has 0 radical (unpaired) electrons. The van der Waals surface area contributed by atoms with Gasteiger partial charge in [0, 0.05) is 8.07 Å². The lowest BCUT2D eigenvalue weighted by atomic mass is 9.97. The van der Waals surface area contributed by atoms with Crippen molar-refractivity contribution in [2.45, 2.75) is 57.5 Å². The van der Waals surface area contributed by atoms with Crippen LogP contribution in [0.4, 0.5) is 0 Å². The molecule has 0 bridgehead atoms. The number of ether oxygens (including phenoxy) is 1. The van der Waals surface area contributed by atoms with Crippen LogP contribution < -0.4 is 4.74 Å². The fourth-order valence-corrected chi connectivity index (χ4v) is 4.79. The van der Waals surface area contributed by atoms with Crippen molar-refractivity contribution in [1.82, 2.24) is 0 Å². The van der Waals surface area contributed by atoms with Crippen LogP contribution in [0.1, 0.15) is 36.5 Å². The normalized spacial score (nSPS) is 22.3. The van der Waals surface area contributed by atoms with Crippen molar-refractivity contribution < 1.29 is 9.84 Å². The molecule has 1 aliphatic carbocycles. The molecule has 0 aliphatic heterocycles. The van der Waals surface area contributed by atoms with Crippen LogP contribution in [0, 0.1) is 0 Å². The van der Waals surface area contributed by atoms with E-state index in [1.165, 1.54) is 11.6 Å². The summed E-state index contributed by atoms with van der Waals surface area (Å²) >= 11 is 0. The van der Waals surface area contributed by atoms with Gasteiger partial charge in [0.25, 0.3) is 0 Å². The topological polar surface area (TPSA) is 29.5 Å². The van der Waals surface area contributed by atoms with Crippen LogP contribution in [0.2, 0.25) is 25.7 Å². The summed E-state index contributed by atoms with van der Waals surface area (Å²) in [5.74, 6) is 0.881. The zero-order chi connectivity index (χ0) is 15.5. The van der Waals surface area contributed by atoms with Crippen molar-refractivity contribution in [3.8, 4) is 5.75 Å². The van der Waals surface area contributed by atoms with Crippen molar-refractivity contribution in [3.05, 3.63) is 41.0 Å². The van der Waals surface area contributed by atoms with Gasteiger partial charge in [0.05, 0.1) is 13.2 Å². The van der Waals surface area contributed by atoms with Crippen molar-refractivity contribution in [2.24, 2.45) is 0 Å². The Morgan fingerprint density at radius 3 is 2.67 bits per heavy atom. The molecule has 0 amide bonds. The van der Waals surface area contributed by atoms with Gasteiger partial charge in [0.15, 0.2) is 0 Å². The lowest BCUT2D eigenvalue weighted by Gasteiger charge is -2.19. The molecular weight excluding hydrogens is 276 g/mol. The molecule has 2 rings (SSSR count). The number of rotatable bonds is 3. The molecule has 0 heterocycles. The van der Waals surface area contributed by atoms with Gasteiger partial charge in [-0.15, -0.1) is 0 Å². The van der Waals surface area contributed by atoms with Crippen LogP contribution in [0.5, 0.6) is 5.75 Å². The molecule has 21 heavy (non-hydrogen) atoms. The van der Waals surface area contributed by atoms with Gasteiger partial charge in [-0.2, -0.15) is 0 Å². The second kappa shape index (κ2) is 6.80. The highest BCUT2D eigenvalue weighted by Gasteiger charge is 2.19. The first-order chi connectivity index (χ1) is 9.89. The van der Waals surface area contributed by atoms with Gasteiger partial charge in [-0.25, -0.2) is 0 Å². The van der Waals surface area contributed by atoms with E-state index >= 15 is 0 Å². The number of aliphatic hydroxyl groups is 1. The lowest BCUT2D eigenvalue weighted by Crippen LogP contribution is -2.20. The molecule has 1 aromatic carbocycles. The first-order valence-corrected chi connectivity index (χ1v) is 11.6. The average Bonchev–Trinajstić information content (AvgIpc) is 2.48. The summed E-state index contributed by atoms with van der Waals surface area (Å²) in [7, 11) is 0.607. The monoisotopic (exact) mass is 304 g/mol. The Kier molecular flexibility index (Phi) is 5.28. The van der Waals surface area contributed by atoms with E-state index in [0.717, 1.165) is 37.0 Å². The highest BCUT2D eigenvalue weighted by Crippen LogP contribution is 2.32. The number of hydrogen-bond donors (Lipinski definition) is 1. The second-order valence-electron chi connectivity index (χ2n) is 7.26. The summed E-state index contributed by atoms with van der Waals surface area (Å²) in [5, 5.41) is 10.5. The van der Waals surface area contributed by atoms with E-state index in [-0.39, 0.29) is 6.10 Å². The van der Waals surface area contributed by atoms with E-state index in [4.69, 9.17) is 4.74 Å². The molecular formula is C18H28O2Si. The standard InChI is InChI=1S/C18H28O2Si/c1-20-16-9-10-17-15(12-16)7-5-6-14(8-11-18(17)19)13-21(2,3)4/h6,9-10,12,18-19H,5,7-8,11,13H2,1-4H3/b14-6+/t18-/m0/s1. The van der Waals surface area contributed by atoms with E-state index in [1.807, 2.05) is 12.1 Å². The first kappa shape index (κ1) is 16.3. The summed E-state index contributed by atoms with van der Waals surface area (Å²) in [6.45, 7) is 7.24. The molecule has 0 fully saturated rings. The van der Waals surface area contributed by atoms with E-state index in [9.17, 15) is 5.11 Å². The third-order valence-corrected chi connectivity index (χ3v) is 5.57. The Hall–Kier alpha value is -1.06. The molecule has 0 aromatic heterocycles. The number of methoxy groups -OCH3 is 1. The Labute approximate surface area is 129 Å². The molecule has 1 aliphatic rings.